The van der Waals surface area contributed by atoms with Crippen LogP contribution in [0.2, 0.25) is 0 Å². The quantitative estimate of drug-likeness (QED) is 0.352. The fourth-order valence-corrected chi connectivity index (χ4v) is 2.66. The van der Waals surface area contributed by atoms with Gasteiger partial charge in [0, 0.05) is 8.95 Å². The van der Waals surface area contributed by atoms with Gasteiger partial charge < -0.3 is 31.5 Å². The van der Waals surface area contributed by atoms with E-state index in [1.807, 2.05) is 0 Å². The van der Waals surface area contributed by atoms with Crippen molar-refractivity contribution in [3.63, 3.8) is 0 Å². The molecular weight excluding hydrogens is 512 g/mol. The molecule has 0 heterocycles. The average Bonchev–Trinajstić information content (AvgIpc) is 2.72. The zero-order valence-electron chi connectivity index (χ0n) is 15.4. The molecule has 158 valence electrons. The highest BCUT2D eigenvalue weighted by atomic mass is 79.9. The Morgan fingerprint density at radius 1 is 0.828 bits per heavy atom. The largest absolute Gasteiger partial charge is 0.480 e. The van der Waals surface area contributed by atoms with Crippen molar-refractivity contribution in [3.8, 4) is 0 Å². The van der Waals surface area contributed by atoms with Crippen LogP contribution in [0.3, 0.4) is 0 Å². The van der Waals surface area contributed by atoms with Gasteiger partial charge in [0.15, 0.2) is 0 Å². The maximum absolute atomic E-state index is 11.1. The van der Waals surface area contributed by atoms with Crippen molar-refractivity contribution >= 4 is 43.8 Å². The normalized spacial score (nSPS) is 14.6. The average molecular weight is 534 g/mol. The van der Waals surface area contributed by atoms with Gasteiger partial charge in [-0.2, -0.15) is 0 Å². The summed E-state index contributed by atoms with van der Waals surface area (Å²) in [5.74, 6) is -1.86. The predicted molar refractivity (Wildman–Crippen MR) is 114 cm³/mol. The van der Waals surface area contributed by atoms with E-state index in [4.69, 9.17) is 16.6 Å². The number of carboxylic acids is 1. The van der Waals surface area contributed by atoms with Crippen molar-refractivity contribution < 1.29 is 29.6 Å². The summed E-state index contributed by atoms with van der Waals surface area (Å²) in [6.45, 7) is 0. The lowest BCUT2D eigenvalue weighted by atomic mass is 10.0. The first-order valence-corrected chi connectivity index (χ1v) is 9.86. The van der Waals surface area contributed by atoms with Crippen LogP contribution >= 0.6 is 31.9 Å². The second kappa shape index (κ2) is 12.0. The zero-order chi connectivity index (χ0) is 22.1. The van der Waals surface area contributed by atoms with Gasteiger partial charge >= 0.3 is 11.9 Å². The Balaban J connectivity index is 0.000000291. The molecule has 0 saturated heterocycles. The highest BCUT2D eigenvalue weighted by Crippen LogP contribution is 2.20. The summed E-state index contributed by atoms with van der Waals surface area (Å²) in [4.78, 5) is 21.6. The lowest BCUT2D eigenvalue weighted by molar-refractivity contribution is -0.145. The minimum absolute atomic E-state index is 0.489. The van der Waals surface area contributed by atoms with E-state index in [1.165, 1.54) is 7.11 Å². The lowest BCUT2D eigenvalue weighted by Crippen LogP contribution is -2.37. The number of nitrogens with two attached hydrogens (primary N) is 2. The molecule has 0 saturated carbocycles. The van der Waals surface area contributed by atoms with Crippen molar-refractivity contribution in [2.24, 2.45) is 11.5 Å². The molecule has 2 aromatic carbocycles. The Kier molecular flexibility index (Phi) is 10.4. The smallest absolute Gasteiger partial charge is 0.325 e. The number of carboxylic acid groups (broad SMARTS) is 1. The van der Waals surface area contributed by atoms with Crippen molar-refractivity contribution in [3.05, 3.63) is 68.6 Å². The molecule has 2 aromatic rings. The van der Waals surface area contributed by atoms with Gasteiger partial charge in [0.2, 0.25) is 0 Å². The molecule has 0 aliphatic rings. The Morgan fingerprint density at radius 2 is 1.17 bits per heavy atom. The monoisotopic (exact) mass is 532 g/mol. The molecular formula is C19H22Br2N2O6. The Bertz CT molecular complexity index is 801. The van der Waals surface area contributed by atoms with Crippen LogP contribution in [0, 0.1) is 0 Å². The van der Waals surface area contributed by atoms with Gasteiger partial charge in [-0.1, -0.05) is 56.1 Å². The van der Waals surface area contributed by atoms with E-state index in [2.05, 4.69) is 36.6 Å². The van der Waals surface area contributed by atoms with Crippen LogP contribution in [0.1, 0.15) is 23.3 Å². The zero-order valence-corrected chi connectivity index (χ0v) is 18.6. The maximum atomic E-state index is 11.1. The third-order valence-corrected chi connectivity index (χ3v) is 4.92. The molecule has 8 nitrogen and oxygen atoms in total. The number of rotatable bonds is 6. The second-order valence-electron chi connectivity index (χ2n) is 5.91. The van der Waals surface area contributed by atoms with E-state index in [-0.39, 0.29) is 0 Å². The van der Waals surface area contributed by atoms with Crippen molar-refractivity contribution in [2.75, 3.05) is 7.11 Å². The first kappa shape index (κ1) is 25.2. The fourth-order valence-electron chi connectivity index (χ4n) is 2.13. The molecule has 0 spiro atoms. The molecule has 0 radical (unpaired) electrons. The standard InChI is InChI=1S/C10H12BrNO3.C9H10BrNO3/c1-15-10(14)8(12)9(13)6-2-4-7(11)5-3-6;10-6-3-1-5(2-4-6)8(12)7(11)9(13)14/h2-5,8-9,13H,12H2,1H3;1-4,7-8,12H,11H2,(H,13,14)/t8-,9+;7-,8+/m00/s1. The summed E-state index contributed by atoms with van der Waals surface area (Å²) in [6.07, 6.45) is -2.23. The molecule has 0 bridgehead atoms. The Hall–Kier alpha value is -1.82. The Labute approximate surface area is 184 Å². The van der Waals surface area contributed by atoms with E-state index < -0.39 is 36.2 Å². The van der Waals surface area contributed by atoms with Crippen molar-refractivity contribution in [2.45, 2.75) is 24.3 Å². The summed E-state index contributed by atoms with van der Waals surface area (Å²) in [7, 11) is 1.23. The van der Waals surface area contributed by atoms with E-state index in [0.29, 0.717) is 11.1 Å². The number of halogens is 2. The van der Waals surface area contributed by atoms with Crippen LogP contribution < -0.4 is 11.5 Å². The van der Waals surface area contributed by atoms with Crippen molar-refractivity contribution in [1.82, 2.24) is 0 Å². The number of carbonyl (C=O) groups is 2. The number of aliphatic hydroxyl groups excluding tert-OH is 2. The Morgan fingerprint density at radius 3 is 1.48 bits per heavy atom. The van der Waals surface area contributed by atoms with Gasteiger partial charge in [0.1, 0.15) is 24.3 Å². The number of hydrogen-bond acceptors (Lipinski definition) is 7. The minimum Gasteiger partial charge on any atom is -0.480 e. The molecule has 29 heavy (non-hydrogen) atoms. The summed E-state index contributed by atoms with van der Waals surface area (Å²) in [5.41, 5.74) is 11.8. The predicted octanol–water partition coefficient (Wildman–Crippen LogP) is 1.88. The third kappa shape index (κ3) is 7.84. The molecule has 4 atom stereocenters. The van der Waals surface area contributed by atoms with Gasteiger partial charge in [-0.3, -0.25) is 9.59 Å². The molecule has 2 rings (SSSR count). The molecule has 0 aliphatic heterocycles. The highest BCUT2D eigenvalue weighted by Gasteiger charge is 2.24. The lowest BCUT2D eigenvalue weighted by Gasteiger charge is -2.16. The van der Waals surface area contributed by atoms with E-state index >= 15 is 0 Å². The third-order valence-electron chi connectivity index (χ3n) is 3.86. The molecule has 0 unspecified atom stereocenters. The highest BCUT2D eigenvalue weighted by molar-refractivity contribution is 9.10. The van der Waals surface area contributed by atoms with Gasteiger partial charge in [-0.15, -0.1) is 0 Å². The number of benzene rings is 2. The molecule has 0 amide bonds. The van der Waals surface area contributed by atoms with E-state index in [1.54, 1.807) is 48.5 Å². The number of esters is 1. The van der Waals surface area contributed by atoms with E-state index in [9.17, 15) is 19.8 Å². The maximum Gasteiger partial charge on any atom is 0.325 e. The summed E-state index contributed by atoms with van der Waals surface area (Å²) >= 11 is 6.50. The molecule has 0 aromatic heterocycles. The minimum atomic E-state index is -1.30. The number of ether oxygens (including phenoxy) is 1. The number of hydrogen-bond donors (Lipinski definition) is 5. The summed E-state index contributed by atoms with van der Waals surface area (Å²) < 4.78 is 6.20. The van der Waals surface area contributed by atoms with Gasteiger partial charge in [-0.25, -0.2) is 0 Å². The SMILES string of the molecule is COC(=O)[C@@H](N)[C@H](O)c1ccc(Br)cc1.N[C@H](C(=O)O)[C@H](O)c1ccc(Br)cc1. The second-order valence-corrected chi connectivity index (χ2v) is 7.74. The first-order valence-electron chi connectivity index (χ1n) is 8.27. The van der Waals surface area contributed by atoms with Crippen LogP contribution in [0.4, 0.5) is 0 Å². The number of carbonyl (C=O) groups excluding carboxylic acids is 1. The van der Waals surface area contributed by atoms with Crippen LogP contribution in [0.5, 0.6) is 0 Å². The molecule has 10 heteroatoms. The van der Waals surface area contributed by atoms with Crippen molar-refractivity contribution in [1.29, 1.82) is 0 Å². The molecule has 0 aliphatic carbocycles. The number of methoxy groups -OCH3 is 1. The van der Waals surface area contributed by atoms with Crippen LogP contribution in [-0.4, -0.2) is 46.5 Å². The number of aliphatic carboxylic acids is 1. The van der Waals surface area contributed by atoms with Crippen LogP contribution in [0.15, 0.2) is 57.5 Å². The molecule has 0 fully saturated rings. The van der Waals surface area contributed by atoms with E-state index in [0.717, 1.165) is 8.95 Å². The number of aliphatic hydroxyl groups is 2. The molecule has 7 N–H and O–H groups in total. The van der Waals surface area contributed by atoms with Gasteiger partial charge in [0.25, 0.3) is 0 Å². The van der Waals surface area contributed by atoms with Crippen LogP contribution in [0.25, 0.3) is 0 Å². The first-order chi connectivity index (χ1) is 13.6. The fraction of sp³-hybridized carbons (Fsp3) is 0.263. The topological polar surface area (TPSA) is 156 Å². The summed E-state index contributed by atoms with van der Waals surface area (Å²) in [5, 5.41) is 27.8. The summed E-state index contributed by atoms with van der Waals surface area (Å²) in [6, 6.07) is 11.2. The van der Waals surface area contributed by atoms with Crippen LogP contribution in [-0.2, 0) is 14.3 Å². The van der Waals surface area contributed by atoms with Gasteiger partial charge in [-0.05, 0) is 35.4 Å². The van der Waals surface area contributed by atoms with Gasteiger partial charge in [0.05, 0.1) is 7.11 Å².